The number of amides is 1. The van der Waals surface area contributed by atoms with Crippen LogP contribution in [0, 0.1) is 11.3 Å². The molecule has 0 radical (unpaired) electrons. The normalized spacial score (nSPS) is 20.4. The van der Waals surface area contributed by atoms with Gasteiger partial charge in [-0.15, -0.1) is 0 Å². The average molecular weight is 285 g/mol. The summed E-state index contributed by atoms with van der Waals surface area (Å²) in [7, 11) is 0. The molecule has 0 aliphatic heterocycles. The van der Waals surface area contributed by atoms with Gasteiger partial charge in [0, 0.05) is 17.9 Å². The monoisotopic (exact) mass is 285 g/mol. The summed E-state index contributed by atoms with van der Waals surface area (Å²) in [5, 5.41) is 21.4. The highest BCUT2D eigenvalue weighted by Gasteiger charge is 2.35. The number of carbonyl (C=O) groups excluding carboxylic acids is 2. The zero-order valence-electron chi connectivity index (χ0n) is 12.5. The molecule has 1 rings (SSSR count). The van der Waals surface area contributed by atoms with Crippen molar-refractivity contribution < 1.29 is 19.8 Å². The molecule has 0 aromatic carbocycles. The third kappa shape index (κ3) is 4.56. The Morgan fingerprint density at radius 1 is 1.25 bits per heavy atom. The largest absolute Gasteiger partial charge is 0.396 e. The Hall–Kier alpha value is -0.940. The predicted octanol–water partition coefficient (Wildman–Crippen LogP) is 1.02. The number of rotatable bonds is 7. The van der Waals surface area contributed by atoms with Crippen molar-refractivity contribution in [3.05, 3.63) is 0 Å². The van der Waals surface area contributed by atoms with E-state index in [-0.39, 0.29) is 31.0 Å². The summed E-state index contributed by atoms with van der Waals surface area (Å²) in [5.74, 6) is -0.604. The first-order valence-electron chi connectivity index (χ1n) is 7.51. The van der Waals surface area contributed by atoms with Gasteiger partial charge < -0.3 is 15.5 Å². The second-order valence-corrected chi connectivity index (χ2v) is 6.20. The first-order chi connectivity index (χ1) is 9.46. The van der Waals surface area contributed by atoms with E-state index in [0.29, 0.717) is 32.1 Å². The summed E-state index contributed by atoms with van der Waals surface area (Å²) in [4.78, 5) is 23.5. The van der Waals surface area contributed by atoms with E-state index >= 15 is 0 Å². The molecule has 0 aromatic rings. The molecule has 1 aliphatic rings. The van der Waals surface area contributed by atoms with Gasteiger partial charge in [0.15, 0.2) is 0 Å². The number of Topliss-reactive ketones (excluding diaryl/α,β-unsaturated/α-hetero) is 1. The van der Waals surface area contributed by atoms with Gasteiger partial charge in [-0.3, -0.25) is 9.59 Å². The van der Waals surface area contributed by atoms with E-state index in [4.69, 9.17) is 0 Å². The van der Waals surface area contributed by atoms with E-state index in [1.807, 2.05) is 13.8 Å². The highest BCUT2D eigenvalue weighted by atomic mass is 16.3. The van der Waals surface area contributed by atoms with Gasteiger partial charge in [-0.05, 0) is 31.6 Å². The molecule has 116 valence electrons. The van der Waals surface area contributed by atoms with Crippen molar-refractivity contribution in [1.29, 1.82) is 0 Å². The maximum Gasteiger partial charge on any atom is 0.287 e. The summed E-state index contributed by atoms with van der Waals surface area (Å²) in [6, 6.07) is -0.0189. The fourth-order valence-electron chi connectivity index (χ4n) is 2.56. The van der Waals surface area contributed by atoms with E-state index < -0.39 is 11.3 Å². The van der Waals surface area contributed by atoms with Crippen LogP contribution in [0.15, 0.2) is 0 Å². The molecule has 1 aliphatic carbocycles. The van der Waals surface area contributed by atoms with Crippen LogP contribution < -0.4 is 5.32 Å². The topological polar surface area (TPSA) is 86.6 Å². The first kappa shape index (κ1) is 17.1. The van der Waals surface area contributed by atoms with Gasteiger partial charge >= 0.3 is 0 Å². The molecule has 0 bridgehead atoms. The minimum atomic E-state index is -0.490. The molecule has 20 heavy (non-hydrogen) atoms. The Labute approximate surface area is 120 Å². The van der Waals surface area contributed by atoms with E-state index in [2.05, 4.69) is 5.32 Å². The zero-order chi connectivity index (χ0) is 15.2. The minimum absolute atomic E-state index is 0.0189. The van der Waals surface area contributed by atoms with Gasteiger partial charge in [-0.25, -0.2) is 0 Å². The van der Waals surface area contributed by atoms with Crippen LogP contribution in [0.3, 0.4) is 0 Å². The van der Waals surface area contributed by atoms with Gasteiger partial charge in [0.25, 0.3) is 5.91 Å². The van der Waals surface area contributed by atoms with Crippen LogP contribution in [0.1, 0.15) is 52.4 Å². The summed E-state index contributed by atoms with van der Waals surface area (Å²) in [5.41, 5.74) is -0.415. The van der Waals surface area contributed by atoms with Crippen molar-refractivity contribution in [1.82, 2.24) is 5.32 Å². The van der Waals surface area contributed by atoms with Gasteiger partial charge in [0.1, 0.15) is 0 Å². The maximum absolute atomic E-state index is 11.8. The highest BCUT2D eigenvalue weighted by Crippen LogP contribution is 2.35. The molecule has 3 N–H and O–H groups in total. The zero-order valence-corrected chi connectivity index (χ0v) is 12.5. The number of nitrogens with one attached hydrogen (secondary N) is 1. The molecule has 1 saturated carbocycles. The highest BCUT2D eigenvalue weighted by molar-refractivity contribution is 6.36. The fraction of sp³-hybridized carbons (Fsp3) is 0.867. The molecule has 1 fully saturated rings. The summed E-state index contributed by atoms with van der Waals surface area (Å²) in [6.07, 6.45) is 3.92. The molecular weight excluding hydrogens is 258 g/mol. The van der Waals surface area contributed by atoms with Crippen LogP contribution >= 0.6 is 0 Å². The smallest absolute Gasteiger partial charge is 0.287 e. The van der Waals surface area contributed by atoms with Crippen LogP contribution in [-0.2, 0) is 9.59 Å². The van der Waals surface area contributed by atoms with Crippen molar-refractivity contribution in [2.45, 2.75) is 58.4 Å². The number of carbonyl (C=O) groups is 2. The van der Waals surface area contributed by atoms with Gasteiger partial charge in [0.2, 0.25) is 5.78 Å². The van der Waals surface area contributed by atoms with Gasteiger partial charge in [-0.2, -0.15) is 0 Å². The minimum Gasteiger partial charge on any atom is -0.396 e. The third-order valence-corrected chi connectivity index (χ3v) is 4.54. The Bertz CT molecular complexity index is 329. The lowest BCUT2D eigenvalue weighted by Crippen LogP contribution is -2.45. The lowest BCUT2D eigenvalue weighted by molar-refractivity contribution is -0.139. The van der Waals surface area contributed by atoms with E-state index in [9.17, 15) is 19.8 Å². The summed E-state index contributed by atoms with van der Waals surface area (Å²) < 4.78 is 0. The van der Waals surface area contributed by atoms with Crippen LogP contribution in [0.25, 0.3) is 0 Å². The Balaban J connectivity index is 2.40. The van der Waals surface area contributed by atoms with Crippen LogP contribution in [0.5, 0.6) is 0 Å². The molecule has 1 unspecified atom stereocenters. The molecule has 1 atom stereocenters. The van der Waals surface area contributed by atoms with E-state index in [1.54, 1.807) is 0 Å². The molecule has 0 heterocycles. The van der Waals surface area contributed by atoms with E-state index in [0.717, 1.165) is 6.42 Å². The standard InChI is InChI=1S/C15H27NO4/c1-3-11(2)8-13(19)14(20)16-12-4-6-15(9-17,10-18)7-5-12/h11-12,17-18H,3-10H2,1-2H3,(H,16,20). The average Bonchev–Trinajstić information content (AvgIpc) is 2.48. The molecular formula is C15H27NO4. The number of hydrogen-bond acceptors (Lipinski definition) is 4. The molecule has 0 saturated heterocycles. The molecule has 0 aromatic heterocycles. The number of aliphatic hydroxyl groups excluding tert-OH is 2. The molecule has 5 nitrogen and oxygen atoms in total. The van der Waals surface area contributed by atoms with Crippen molar-refractivity contribution in [2.75, 3.05) is 13.2 Å². The number of hydrogen-bond donors (Lipinski definition) is 3. The van der Waals surface area contributed by atoms with Crippen LogP contribution in [0.2, 0.25) is 0 Å². The Morgan fingerprint density at radius 2 is 1.80 bits per heavy atom. The predicted molar refractivity (Wildman–Crippen MR) is 76.1 cm³/mol. The molecule has 5 heteroatoms. The first-order valence-corrected chi connectivity index (χ1v) is 7.51. The van der Waals surface area contributed by atoms with Crippen molar-refractivity contribution >= 4 is 11.7 Å². The second-order valence-electron chi connectivity index (χ2n) is 6.20. The molecule has 0 spiro atoms. The van der Waals surface area contributed by atoms with Crippen molar-refractivity contribution in [3.63, 3.8) is 0 Å². The SMILES string of the molecule is CCC(C)CC(=O)C(=O)NC1CCC(CO)(CO)CC1. The molecule has 1 amide bonds. The fourth-order valence-corrected chi connectivity index (χ4v) is 2.56. The van der Waals surface area contributed by atoms with E-state index in [1.165, 1.54) is 0 Å². The van der Waals surface area contributed by atoms with Crippen LogP contribution in [0.4, 0.5) is 0 Å². The number of aliphatic hydroxyl groups is 2. The lowest BCUT2D eigenvalue weighted by Gasteiger charge is -2.37. The van der Waals surface area contributed by atoms with Crippen molar-refractivity contribution in [3.8, 4) is 0 Å². The summed E-state index contributed by atoms with van der Waals surface area (Å²) >= 11 is 0. The summed E-state index contributed by atoms with van der Waals surface area (Å²) in [6.45, 7) is 3.90. The van der Waals surface area contributed by atoms with Gasteiger partial charge in [0.05, 0.1) is 13.2 Å². The third-order valence-electron chi connectivity index (χ3n) is 4.54. The Morgan fingerprint density at radius 3 is 2.25 bits per heavy atom. The van der Waals surface area contributed by atoms with Crippen molar-refractivity contribution in [2.24, 2.45) is 11.3 Å². The number of ketones is 1. The van der Waals surface area contributed by atoms with Gasteiger partial charge in [-0.1, -0.05) is 20.3 Å². The Kier molecular flexibility index (Phi) is 6.62. The maximum atomic E-state index is 11.8. The quantitative estimate of drug-likeness (QED) is 0.610. The second kappa shape index (κ2) is 7.74. The van der Waals surface area contributed by atoms with Crippen LogP contribution in [-0.4, -0.2) is 41.2 Å². The lowest BCUT2D eigenvalue weighted by atomic mass is 9.73.